The summed E-state index contributed by atoms with van der Waals surface area (Å²) in [6.45, 7) is 8.19. The Morgan fingerprint density at radius 2 is 2.13 bits per heavy atom. The molecule has 0 heterocycles. The second kappa shape index (κ2) is 5.82. The third-order valence-corrected chi connectivity index (χ3v) is 3.35. The molecule has 0 aliphatic heterocycles. The predicted molar refractivity (Wildman–Crippen MR) is 72.3 cm³/mol. The van der Waals surface area contributed by atoms with Crippen LogP contribution < -0.4 is 0 Å². The molecule has 0 aliphatic carbocycles. The van der Waals surface area contributed by atoms with Gasteiger partial charge in [-0.15, -0.1) is 0 Å². The Balaban J connectivity index is 2.80. The summed E-state index contributed by atoms with van der Waals surface area (Å²) < 4.78 is 0. The third-order valence-electron chi connectivity index (χ3n) is 2.80. The highest BCUT2D eigenvalue weighted by Crippen LogP contribution is 2.15. The summed E-state index contributed by atoms with van der Waals surface area (Å²) in [5, 5.41) is 0. The molecule has 0 aliphatic rings. The van der Waals surface area contributed by atoms with E-state index in [2.05, 4.69) is 38.6 Å². The first-order valence-corrected chi connectivity index (χ1v) is 5.83. The standard InChI is InChI=1S/C14H18S/c1-4-11(3)14(15)10-13-9-7-6-8-12(13)5-2/h5-9,11H,2,4,10H2,1,3H3. The maximum atomic E-state index is 5.43. The highest BCUT2D eigenvalue weighted by Gasteiger charge is 2.08. The summed E-state index contributed by atoms with van der Waals surface area (Å²) in [5.41, 5.74) is 2.49. The van der Waals surface area contributed by atoms with Gasteiger partial charge in [-0.1, -0.05) is 63.0 Å². The average Bonchev–Trinajstić information content (AvgIpc) is 2.28. The zero-order valence-electron chi connectivity index (χ0n) is 9.49. The van der Waals surface area contributed by atoms with Crippen LogP contribution in [0.4, 0.5) is 0 Å². The summed E-state index contributed by atoms with van der Waals surface area (Å²) in [5.74, 6) is 0.526. The van der Waals surface area contributed by atoms with E-state index in [-0.39, 0.29) is 0 Å². The number of hydrogen-bond acceptors (Lipinski definition) is 1. The molecule has 80 valence electrons. The summed E-state index contributed by atoms with van der Waals surface area (Å²) in [6.07, 6.45) is 3.91. The smallest absolute Gasteiger partial charge is 0.00468 e. The van der Waals surface area contributed by atoms with Gasteiger partial charge in [0.05, 0.1) is 0 Å². The van der Waals surface area contributed by atoms with E-state index in [1.165, 1.54) is 11.1 Å². The van der Waals surface area contributed by atoms with Crippen LogP contribution >= 0.6 is 12.2 Å². The van der Waals surface area contributed by atoms with Crippen LogP contribution in [-0.4, -0.2) is 4.86 Å². The first-order valence-electron chi connectivity index (χ1n) is 5.42. The van der Waals surface area contributed by atoms with Crippen molar-refractivity contribution in [1.29, 1.82) is 0 Å². The summed E-state index contributed by atoms with van der Waals surface area (Å²) >= 11 is 5.43. The van der Waals surface area contributed by atoms with Gasteiger partial charge in [0.25, 0.3) is 0 Å². The minimum Gasteiger partial charge on any atom is -0.0985 e. The SMILES string of the molecule is C=Cc1ccccc1CC(=S)C(C)CC. The molecule has 1 aromatic rings. The second-order valence-corrected chi connectivity index (χ2v) is 4.38. The van der Waals surface area contributed by atoms with Crippen molar-refractivity contribution in [2.24, 2.45) is 5.92 Å². The van der Waals surface area contributed by atoms with E-state index in [0.717, 1.165) is 17.7 Å². The molecule has 1 unspecified atom stereocenters. The molecule has 0 fully saturated rings. The van der Waals surface area contributed by atoms with Crippen molar-refractivity contribution in [3.8, 4) is 0 Å². The number of benzene rings is 1. The Bertz CT molecular complexity index is 352. The van der Waals surface area contributed by atoms with E-state index >= 15 is 0 Å². The molecule has 0 bridgehead atoms. The lowest BCUT2D eigenvalue weighted by molar-refractivity contribution is 0.740. The highest BCUT2D eigenvalue weighted by molar-refractivity contribution is 7.80. The molecule has 0 saturated carbocycles. The molecular weight excluding hydrogens is 200 g/mol. The molecule has 1 aromatic carbocycles. The van der Waals surface area contributed by atoms with E-state index in [1.54, 1.807) is 0 Å². The Kier molecular flexibility index (Phi) is 4.70. The zero-order valence-corrected chi connectivity index (χ0v) is 10.3. The maximum absolute atomic E-state index is 5.43. The molecule has 0 nitrogen and oxygen atoms in total. The molecule has 0 amide bonds. The summed E-state index contributed by atoms with van der Waals surface area (Å²) in [4.78, 5) is 1.15. The van der Waals surface area contributed by atoms with Gasteiger partial charge in [-0.25, -0.2) is 0 Å². The monoisotopic (exact) mass is 218 g/mol. The molecule has 15 heavy (non-hydrogen) atoms. The van der Waals surface area contributed by atoms with Crippen LogP contribution in [0.15, 0.2) is 30.8 Å². The van der Waals surface area contributed by atoms with Crippen molar-refractivity contribution in [3.63, 3.8) is 0 Å². The van der Waals surface area contributed by atoms with Crippen LogP contribution in [0.1, 0.15) is 31.4 Å². The van der Waals surface area contributed by atoms with Gasteiger partial charge in [-0.3, -0.25) is 0 Å². The summed E-state index contributed by atoms with van der Waals surface area (Å²) in [7, 11) is 0. The largest absolute Gasteiger partial charge is 0.0985 e. The minimum absolute atomic E-state index is 0.526. The van der Waals surface area contributed by atoms with Crippen molar-refractivity contribution in [1.82, 2.24) is 0 Å². The normalized spacial score (nSPS) is 12.1. The quantitative estimate of drug-likeness (QED) is 0.664. The first kappa shape index (κ1) is 12.1. The number of hydrogen-bond donors (Lipinski definition) is 0. The van der Waals surface area contributed by atoms with Crippen molar-refractivity contribution in [2.75, 3.05) is 0 Å². The zero-order chi connectivity index (χ0) is 11.3. The molecule has 0 aromatic heterocycles. The molecule has 1 heteroatoms. The van der Waals surface area contributed by atoms with Crippen LogP contribution in [0.2, 0.25) is 0 Å². The Labute approximate surface area is 98.0 Å². The Morgan fingerprint density at radius 3 is 2.73 bits per heavy atom. The second-order valence-electron chi connectivity index (χ2n) is 3.86. The van der Waals surface area contributed by atoms with E-state index in [9.17, 15) is 0 Å². The van der Waals surface area contributed by atoms with E-state index in [4.69, 9.17) is 12.2 Å². The lowest BCUT2D eigenvalue weighted by Crippen LogP contribution is -2.11. The van der Waals surface area contributed by atoms with Crippen LogP contribution in [0, 0.1) is 5.92 Å². The number of thiocarbonyl (C=S) groups is 1. The van der Waals surface area contributed by atoms with Gasteiger partial charge in [0.1, 0.15) is 0 Å². The molecule has 1 atom stereocenters. The fourth-order valence-electron chi connectivity index (χ4n) is 1.48. The lowest BCUT2D eigenvalue weighted by Gasteiger charge is -2.12. The highest BCUT2D eigenvalue weighted by atomic mass is 32.1. The van der Waals surface area contributed by atoms with Gasteiger partial charge >= 0.3 is 0 Å². The maximum Gasteiger partial charge on any atom is 0.00468 e. The average molecular weight is 218 g/mol. The van der Waals surface area contributed by atoms with Gasteiger partial charge in [0.15, 0.2) is 0 Å². The van der Waals surface area contributed by atoms with Crippen molar-refractivity contribution < 1.29 is 0 Å². The van der Waals surface area contributed by atoms with E-state index in [1.807, 2.05) is 12.1 Å². The van der Waals surface area contributed by atoms with Gasteiger partial charge in [0.2, 0.25) is 0 Å². The van der Waals surface area contributed by atoms with Crippen molar-refractivity contribution in [3.05, 3.63) is 42.0 Å². The van der Waals surface area contributed by atoms with Crippen molar-refractivity contribution >= 4 is 23.2 Å². The van der Waals surface area contributed by atoms with Crippen LogP contribution in [0.5, 0.6) is 0 Å². The Hall–Kier alpha value is -0.950. The predicted octanol–water partition coefficient (Wildman–Crippen LogP) is 4.29. The summed E-state index contributed by atoms with van der Waals surface area (Å²) in [6, 6.07) is 8.31. The van der Waals surface area contributed by atoms with Gasteiger partial charge in [-0.2, -0.15) is 0 Å². The minimum atomic E-state index is 0.526. The lowest BCUT2D eigenvalue weighted by atomic mass is 9.96. The number of rotatable bonds is 5. The Morgan fingerprint density at radius 1 is 1.47 bits per heavy atom. The molecule has 1 rings (SSSR count). The topological polar surface area (TPSA) is 0 Å². The van der Waals surface area contributed by atoms with Crippen LogP contribution in [-0.2, 0) is 6.42 Å². The third kappa shape index (κ3) is 3.28. The molecular formula is C14H18S. The van der Waals surface area contributed by atoms with Gasteiger partial charge in [0, 0.05) is 11.3 Å². The van der Waals surface area contributed by atoms with Gasteiger partial charge in [-0.05, 0) is 23.5 Å². The van der Waals surface area contributed by atoms with Gasteiger partial charge < -0.3 is 0 Å². The molecule has 0 spiro atoms. The van der Waals surface area contributed by atoms with Crippen molar-refractivity contribution in [2.45, 2.75) is 26.7 Å². The van der Waals surface area contributed by atoms with E-state index in [0.29, 0.717) is 5.92 Å². The fourth-order valence-corrected chi connectivity index (χ4v) is 1.81. The van der Waals surface area contributed by atoms with Crippen LogP contribution in [0.25, 0.3) is 6.08 Å². The molecule has 0 N–H and O–H groups in total. The van der Waals surface area contributed by atoms with Crippen LogP contribution in [0.3, 0.4) is 0 Å². The van der Waals surface area contributed by atoms with E-state index < -0.39 is 0 Å². The molecule has 0 saturated heterocycles. The fraction of sp³-hybridized carbons (Fsp3) is 0.357. The first-order chi connectivity index (χ1) is 7.19. The molecule has 0 radical (unpaired) electrons.